The Balaban J connectivity index is 1.79. The third-order valence-electron chi connectivity index (χ3n) is 3.38. The smallest absolute Gasteiger partial charge is 0.253 e. The van der Waals surface area contributed by atoms with Crippen molar-refractivity contribution in [2.45, 2.75) is 13.5 Å². The molecule has 5 nitrogen and oxygen atoms in total. The Hall–Kier alpha value is -2.95. The fourth-order valence-electron chi connectivity index (χ4n) is 2.19. The number of amides is 1. The van der Waals surface area contributed by atoms with Crippen LogP contribution in [0.4, 0.5) is 0 Å². The van der Waals surface area contributed by atoms with Gasteiger partial charge in [-0.1, -0.05) is 35.5 Å². The minimum Gasteiger partial charge on any atom is -0.361 e. The molecule has 0 aliphatic rings. The molecular weight excluding hydrogens is 278 g/mol. The zero-order chi connectivity index (χ0) is 15.4. The molecule has 0 aliphatic carbocycles. The van der Waals surface area contributed by atoms with Crippen molar-refractivity contribution in [3.05, 3.63) is 71.7 Å². The second kappa shape index (κ2) is 6.22. The van der Waals surface area contributed by atoms with Crippen LogP contribution in [-0.4, -0.2) is 16.0 Å². The number of hydrogen-bond donors (Lipinski definition) is 1. The lowest BCUT2D eigenvalue weighted by Gasteiger charge is -2.06. The summed E-state index contributed by atoms with van der Waals surface area (Å²) < 4.78 is 5.27. The molecule has 0 saturated heterocycles. The topological polar surface area (TPSA) is 68.0 Å². The molecule has 0 spiro atoms. The quantitative estimate of drug-likeness (QED) is 0.803. The van der Waals surface area contributed by atoms with Crippen LogP contribution < -0.4 is 5.32 Å². The van der Waals surface area contributed by atoms with Crippen molar-refractivity contribution in [3.63, 3.8) is 0 Å². The van der Waals surface area contributed by atoms with E-state index in [9.17, 15) is 4.79 Å². The number of benzene rings is 1. The minimum absolute atomic E-state index is 0.173. The summed E-state index contributed by atoms with van der Waals surface area (Å²) in [5, 5.41) is 6.97. The van der Waals surface area contributed by atoms with Gasteiger partial charge in [-0.05, 0) is 19.1 Å². The summed E-state index contributed by atoms with van der Waals surface area (Å²) in [7, 11) is 0. The van der Waals surface area contributed by atoms with Crippen molar-refractivity contribution in [1.29, 1.82) is 0 Å². The van der Waals surface area contributed by atoms with E-state index in [1.54, 1.807) is 18.3 Å². The van der Waals surface area contributed by atoms with E-state index in [2.05, 4.69) is 15.5 Å². The Bertz CT molecular complexity index is 767. The van der Waals surface area contributed by atoms with Gasteiger partial charge in [-0.2, -0.15) is 0 Å². The van der Waals surface area contributed by atoms with Crippen LogP contribution in [0.1, 0.15) is 21.7 Å². The molecule has 0 radical (unpaired) electrons. The van der Waals surface area contributed by atoms with Crippen LogP contribution in [-0.2, 0) is 6.54 Å². The molecule has 1 amide bonds. The third-order valence-corrected chi connectivity index (χ3v) is 3.38. The van der Waals surface area contributed by atoms with Gasteiger partial charge in [0, 0.05) is 30.1 Å². The summed E-state index contributed by atoms with van der Waals surface area (Å²) in [4.78, 5) is 16.0. The molecule has 0 saturated carbocycles. The lowest BCUT2D eigenvalue weighted by molar-refractivity contribution is 0.0950. The molecule has 0 bridgehead atoms. The number of rotatable bonds is 4. The molecule has 2 heterocycles. The van der Waals surface area contributed by atoms with E-state index in [0.717, 1.165) is 16.8 Å². The van der Waals surface area contributed by atoms with Gasteiger partial charge in [-0.15, -0.1) is 0 Å². The number of carbonyl (C=O) groups excluding carboxylic acids is 1. The molecule has 110 valence electrons. The maximum atomic E-state index is 12.1. The van der Waals surface area contributed by atoms with Gasteiger partial charge in [0.2, 0.25) is 0 Å². The fourth-order valence-corrected chi connectivity index (χ4v) is 2.19. The summed E-state index contributed by atoms with van der Waals surface area (Å²) in [6, 6.07) is 13.2. The number of pyridine rings is 1. The summed E-state index contributed by atoms with van der Waals surface area (Å²) in [5.74, 6) is 0.526. The molecule has 1 aromatic carbocycles. The normalized spacial score (nSPS) is 10.4. The van der Waals surface area contributed by atoms with Crippen molar-refractivity contribution >= 4 is 5.91 Å². The van der Waals surface area contributed by atoms with Gasteiger partial charge in [0.15, 0.2) is 0 Å². The number of aromatic nitrogens is 2. The maximum absolute atomic E-state index is 12.1. The average Bonchev–Trinajstić information content (AvgIpc) is 2.95. The summed E-state index contributed by atoms with van der Waals surface area (Å²) in [6.07, 6.45) is 3.17. The predicted octanol–water partition coefficient (Wildman–Crippen LogP) is 2.98. The molecule has 0 atom stereocenters. The molecule has 0 unspecified atom stereocenters. The highest BCUT2D eigenvalue weighted by atomic mass is 16.5. The Kier molecular flexibility index (Phi) is 3.96. The van der Waals surface area contributed by atoms with Crippen molar-refractivity contribution < 1.29 is 9.32 Å². The highest BCUT2D eigenvalue weighted by Crippen LogP contribution is 2.24. The Morgan fingerprint density at radius 2 is 2.00 bits per heavy atom. The summed E-state index contributed by atoms with van der Waals surface area (Å²) in [5.41, 5.74) is 3.12. The first kappa shape index (κ1) is 14.0. The molecule has 1 N–H and O–H groups in total. The highest BCUT2D eigenvalue weighted by molar-refractivity contribution is 5.93. The number of nitrogens with one attached hydrogen (secondary N) is 1. The van der Waals surface area contributed by atoms with Crippen LogP contribution in [0, 0.1) is 6.92 Å². The van der Waals surface area contributed by atoms with Gasteiger partial charge in [0.25, 0.3) is 5.91 Å². The van der Waals surface area contributed by atoms with E-state index in [-0.39, 0.29) is 5.91 Å². The van der Waals surface area contributed by atoms with Crippen LogP contribution in [0.15, 0.2) is 59.4 Å². The second-order valence-corrected chi connectivity index (χ2v) is 4.86. The Labute approximate surface area is 128 Å². The Morgan fingerprint density at radius 3 is 2.73 bits per heavy atom. The zero-order valence-corrected chi connectivity index (χ0v) is 12.1. The lowest BCUT2D eigenvalue weighted by atomic mass is 10.1. The monoisotopic (exact) mass is 293 g/mol. The van der Waals surface area contributed by atoms with Crippen LogP contribution in [0.25, 0.3) is 11.3 Å². The first-order valence-corrected chi connectivity index (χ1v) is 6.94. The number of aryl methyl sites for hydroxylation is 1. The summed E-state index contributed by atoms with van der Waals surface area (Å²) in [6.45, 7) is 2.19. The lowest BCUT2D eigenvalue weighted by Crippen LogP contribution is -2.23. The van der Waals surface area contributed by atoms with Crippen molar-refractivity contribution in [3.8, 4) is 11.3 Å². The van der Waals surface area contributed by atoms with Crippen LogP contribution in [0.5, 0.6) is 0 Å². The van der Waals surface area contributed by atoms with Crippen LogP contribution in [0.3, 0.4) is 0 Å². The van der Waals surface area contributed by atoms with E-state index in [1.165, 1.54) is 6.20 Å². The average molecular weight is 293 g/mol. The molecular formula is C17H15N3O2. The van der Waals surface area contributed by atoms with Gasteiger partial charge in [-0.25, -0.2) is 0 Å². The third kappa shape index (κ3) is 2.88. The van der Waals surface area contributed by atoms with E-state index < -0.39 is 0 Å². The molecule has 3 rings (SSSR count). The SMILES string of the molecule is Cc1onc(-c2ccccc2)c1CNC(=O)c1cccnc1. The van der Waals surface area contributed by atoms with Gasteiger partial charge in [-0.3, -0.25) is 9.78 Å². The van der Waals surface area contributed by atoms with E-state index >= 15 is 0 Å². The molecule has 3 aromatic rings. The molecule has 0 fully saturated rings. The summed E-state index contributed by atoms with van der Waals surface area (Å²) >= 11 is 0. The van der Waals surface area contributed by atoms with E-state index in [4.69, 9.17) is 4.52 Å². The molecule has 5 heteroatoms. The van der Waals surface area contributed by atoms with Crippen LogP contribution >= 0.6 is 0 Å². The molecule has 2 aromatic heterocycles. The molecule has 22 heavy (non-hydrogen) atoms. The second-order valence-electron chi connectivity index (χ2n) is 4.86. The van der Waals surface area contributed by atoms with Gasteiger partial charge < -0.3 is 9.84 Å². The maximum Gasteiger partial charge on any atom is 0.253 e. The number of carbonyl (C=O) groups is 1. The van der Waals surface area contributed by atoms with Crippen molar-refractivity contribution in [2.75, 3.05) is 0 Å². The standard InChI is InChI=1S/C17H15N3O2/c1-12-15(11-19-17(21)14-8-5-9-18-10-14)16(20-22-12)13-6-3-2-4-7-13/h2-10H,11H2,1H3,(H,19,21). The molecule has 0 aliphatic heterocycles. The van der Waals surface area contributed by atoms with Crippen molar-refractivity contribution in [2.24, 2.45) is 0 Å². The number of hydrogen-bond acceptors (Lipinski definition) is 4. The highest BCUT2D eigenvalue weighted by Gasteiger charge is 2.15. The van der Waals surface area contributed by atoms with E-state index in [0.29, 0.717) is 17.9 Å². The minimum atomic E-state index is -0.173. The zero-order valence-electron chi connectivity index (χ0n) is 12.1. The van der Waals surface area contributed by atoms with Crippen molar-refractivity contribution in [1.82, 2.24) is 15.5 Å². The first-order valence-electron chi connectivity index (χ1n) is 6.94. The fraction of sp³-hybridized carbons (Fsp3) is 0.118. The van der Waals surface area contributed by atoms with Gasteiger partial charge in [0.05, 0.1) is 5.56 Å². The van der Waals surface area contributed by atoms with E-state index in [1.807, 2.05) is 37.3 Å². The van der Waals surface area contributed by atoms with Gasteiger partial charge in [0.1, 0.15) is 11.5 Å². The number of nitrogens with zero attached hydrogens (tertiary/aromatic N) is 2. The largest absolute Gasteiger partial charge is 0.361 e. The predicted molar refractivity (Wildman–Crippen MR) is 82.1 cm³/mol. The van der Waals surface area contributed by atoms with Crippen LogP contribution in [0.2, 0.25) is 0 Å². The Morgan fingerprint density at radius 1 is 1.18 bits per heavy atom. The van der Waals surface area contributed by atoms with Gasteiger partial charge >= 0.3 is 0 Å². The first-order chi connectivity index (χ1) is 10.8.